The zero-order valence-corrected chi connectivity index (χ0v) is 15.3. The van der Waals surface area contributed by atoms with E-state index in [1.165, 1.54) is 0 Å². The van der Waals surface area contributed by atoms with Crippen LogP contribution in [0.1, 0.15) is 13.8 Å². The van der Waals surface area contributed by atoms with Crippen LogP contribution in [0.15, 0.2) is 69.0 Å². The molecule has 2 heterocycles. The zero-order valence-electron chi connectivity index (χ0n) is 14.5. The summed E-state index contributed by atoms with van der Waals surface area (Å²) in [5.41, 5.74) is 4.47. The van der Waals surface area contributed by atoms with Crippen molar-refractivity contribution in [3.05, 3.63) is 64.1 Å². The molecule has 0 aliphatic carbocycles. The predicted molar refractivity (Wildman–Crippen MR) is 99.8 cm³/mol. The lowest BCUT2D eigenvalue weighted by molar-refractivity contribution is 0.0959. The van der Waals surface area contributed by atoms with Crippen molar-refractivity contribution in [1.29, 1.82) is 10.5 Å². The molecule has 0 radical (unpaired) electrons. The number of nitrogens with zero attached hydrogens (tertiary/aromatic N) is 3. The molecule has 0 bridgehead atoms. The molecular formula is C20H17N3O2S. The quantitative estimate of drug-likeness (QED) is 0.652. The van der Waals surface area contributed by atoms with Crippen molar-refractivity contribution >= 4 is 17.4 Å². The maximum absolute atomic E-state index is 9.38. The van der Waals surface area contributed by atoms with Gasteiger partial charge in [0.2, 0.25) is 0 Å². The first-order valence-corrected chi connectivity index (χ1v) is 8.89. The van der Waals surface area contributed by atoms with Crippen molar-refractivity contribution in [3.8, 4) is 12.1 Å². The van der Waals surface area contributed by atoms with Crippen LogP contribution in [0, 0.1) is 22.7 Å². The van der Waals surface area contributed by atoms with Crippen molar-refractivity contribution in [2.75, 3.05) is 18.1 Å². The molecule has 3 rings (SSSR count). The molecule has 0 spiro atoms. The van der Waals surface area contributed by atoms with E-state index in [9.17, 15) is 5.11 Å². The fourth-order valence-electron chi connectivity index (χ4n) is 2.76. The number of para-hydroxylation sites is 1. The maximum Gasteiger partial charge on any atom is 0.171 e. The molecule has 0 saturated carbocycles. The number of fused-ring (bicyclic) bond motifs is 1. The molecule has 130 valence electrons. The average Bonchev–Trinajstić information content (AvgIpc) is 3.12. The van der Waals surface area contributed by atoms with Crippen molar-refractivity contribution in [1.82, 2.24) is 0 Å². The summed E-state index contributed by atoms with van der Waals surface area (Å²) >= 11 is 1.59. The molecule has 2 aliphatic heterocycles. The Morgan fingerprint density at radius 3 is 2.73 bits per heavy atom. The number of hydrogen-bond donors (Lipinski definition) is 1. The largest absolute Gasteiger partial charge is 0.481 e. The van der Waals surface area contributed by atoms with E-state index in [-0.39, 0.29) is 17.9 Å². The lowest BCUT2D eigenvalue weighted by atomic mass is 9.99. The average molecular weight is 363 g/mol. The lowest BCUT2D eigenvalue weighted by Gasteiger charge is -2.21. The minimum atomic E-state index is -0.653. The predicted octanol–water partition coefficient (Wildman–Crippen LogP) is 3.62. The second kappa shape index (κ2) is 7.15. The Bertz CT molecular complexity index is 938. The summed E-state index contributed by atoms with van der Waals surface area (Å²) in [7, 11) is 0. The highest BCUT2D eigenvalue weighted by molar-refractivity contribution is 8.03. The van der Waals surface area contributed by atoms with Gasteiger partial charge in [0, 0.05) is 17.0 Å². The van der Waals surface area contributed by atoms with Gasteiger partial charge in [-0.05, 0) is 38.1 Å². The van der Waals surface area contributed by atoms with E-state index in [1.807, 2.05) is 61.2 Å². The van der Waals surface area contributed by atoms with Gasteiger partial charge in [-0.2, -0.15) is 10.5 Å². The van der Waals surface area contributed by atoms with Gasteiger partial charge in [-0.1, -0.05) is 29.6 Å². The standard InChI is InChI=1S/C20H17N3O2S/c1-20(2)15(11-17(25-20)14(12-21)13-22)7-8-19-23(9-10-24)16-5-3-4-6-18(16)26-19/h3-7,11,24H,9-10H2,1-2H3. The lowest BCUT2D eigenvalue weighted by Crippen LogP contribution is -2.22. The Morgan fingerprint density at radius 2 is 2.04 bits per heavy atom. The molecule has 0 aromatic heterocycles. The molecule has 0 saturated heterocycles. The molecule has 26 heavy (non-hydrogen) atoms. The number of aliphatic hydroxyl groups excluding tert-OH is 1. The van der Waals surface area contributed by atoms with Crippen LogP contribution in [0.5, 0.6) is 0 Å². The van der Waals surface area contributed by atoms with Crippen LogP contribution < -0.4 is 4.90 Å². The van der Waals surface area contributed by atoms with Crippen LogP contribution in [0.3, 0.4) is 0 Å². The third-order valence-electron chi connectivity index (χ3n) is 4.10. The SMILES string of the molecule is CC1(C)OC(=C(C#N)C#N)C=C1C=C=C1Sc2ccccc2N1CCO. The summed E-state index contributed by atoms with van der Waals surface area (Å²) in [5.74, 6) is 0.285. The van der Waals surface area contributed by atoms with Crippen LogP contribution in [0.2, 0.25) is 0 Å². The number of thioether (sulfide) groups is 1. The fourth-order valence-corrected chi connectivity index (χ4v) is 3.81. The third-order valence-corrected chi connectivity index (χ3v) is 5.20. The molecule has 0 unspecified atom stereocenters. The van der Waals surface area contributed by atoms with Crippen molar-refractivity contribution < 1.29 is 9.84 Å². The highest BCUT2D eigenvalue weighted by Gasteiger charge is 2.32. The van der Waals surface area contributed by atoms with E-state index in [2.05, 4.69) is 5.73 Å². The minimum Gasteiger partial charge on any atom is -0.481 e. The number of nitriles is 2. The fraction of sp³-hybridized carbons (Fsp3) is 0.250. The third kappa shape index (κ3) is 3.27. The minimum absolute atomic E-state index is 0.0396. The van der Waals surface area contributed by atoms with Crippen LogP contribution in [-0.4, -0.2) is 23.9 Å². The van der Waals surface area contributed by atoms with Crippen LogP contribution in [0.25, 0.3) is 0 Å². The van der Waals surface area contributed by atoms with E-state index in [0.29, 0.717) is 6.54 Å². The van der Waals surface area contributed by atoms with E-state index in [4.69, 9.17) is 15.3 Å². The number of rotatable bonds is 3. The van der Waals surface area contributed by atoms with Gasteiger partial charge >= 0.3 is 0 Å². The molecule has 0 atom stereocenters. The Labute approximate surface area is 156 Å². The normalized spacial score (nSPS) is 16.8. The van der Waals surface area contributed by atoms with Gasteiger partial charge in [0.05, 0.1) is 12.3 Å². The van der Waals surface area contributed by atoms with Crippen LogP contribution in [-0.2, 0) is 4.74 Å². The number of β-amino-alcohol motifs (C(OH)–C–C–N with tert-alkyl or cyclic N) is 1. The smallest absolute Gasteiger partial charge is 0.171 e. The number of benzene rings is 1. The van der Waals surface area contributed by atoms with Gasteiger partial charge < -0.3 is 14.7 Å². The topological polar surface area (TPSA) is 80.3 Å². The van der Waals surface area contributed by atoms with Gasteiger partial charge in [-0.25, -0.2) is 0 Å². The van der Waals surface area contributed by atoms with Crippen molar-refractivity contribution in [2.45, 2.75) is 24.3 Å². The van der Waals surface area contributed by atoms with Crippen LogP contribution >= 0.6 is 11.8 Å². The second-order valence-corrected chi connectivity index (χ2v) is 7.24. The van der Waals surface area contributed by atoms with E-state index < -0.39 is 5.60 Å². The molecule has 1 aromatic carbocycles. The van der Waals surface area contributed by atoms with Crippen LogP contribution in [0.4, 0.5) is 5.69 Å². The van der Waals surface area contributed by atoms with Gasteiger partial charge in [-0.15, -0.1) is 0 Å². The summed E-state index contributed by atoms with van der Waals surface area (Å²) in [6.45, 7) is 4.28. The molecule has 1 aromatic rings. The van der Waals surface area contributed by atoms with Gasteiger partial charge in [0.25, 0.3) is 0 Å². The summed E-state index contributed by atoms with van der Waals surface area (Å²) in [6, 6.07) is 11.7. The van der Waals surface area contributed by atoms with Gasteiger partial charge in [0.15, 0.2) is 5.57 Å². The molecule has 0 amide bonds. The van der Waals surface area contributed by atoms with Crippen molar-refractivity contribution in [3.63, 3.8) is 0 Å². The monoisotopic (exact) mass is 363 g/mol. The van der Waals surface area contributed by atoms with Gasteiger partial charge in [0.1, 0.15) is 28.5 Å². The molecule has 6 heteroatoms. The maximum atomic E-state index is 9.38. The zero-order chi connectivity index (χ0) is 18.7. The molecular weight excluding hydrogens is 346 g/mol. The summed E-state index contributed by atoms with van der Waals surface area (Å²) in [5, 5.41) is 28.3. The van der Waals surface area contributed by atoms with Gasteiger partial charge in [-0.3, -0.25) is 0 Å². The number of allylic oxidation sites excluding steroid dienone is 2. The molecule has 1 N–H and O–H groups in total. The van der Waals surface area contributed by atoms with E-state index in [1.54, 1.807) is 17.8 Å². The molecule has 2 aliphatic rings. The molecule has 0 fully saturated rings. The summed E-state index contributed by atoms with van der Waals surface area (Å²) in [6.07, 6.45) is 3.52. The first kappa shape index (κ1) is 17.9. The molecule has 5 nitrogen and oxygen atoms in total. The highest BCUT2D eigenvalue weighted by atomic mass is 32.2. The first-order valence-electron chi connectivity index (χ1n) is 8.08. The number of anilines is 1. The Morgan fingerprint density at radius 1 is 1.31 bits per heavy atom. The highest BCUT2D eigenvalue weighted by Crippen LogP contribution is 2.45. The Hall–Kier alpha value is -2.89. The van der Waals surface area contributed by atoms with E-state index >= 15 is 0 Å². The first-order chi connectivity index (χ1) is 12.5. The Balaban J connectivity index is 2.01. The summed E-state index contributed by atoms with van der Waals surface area (Å²) < 4.78 is 5.76. The Kier molecular flexibility index (Phi) is 4.93. The second-order valence-electron chi connectivity index (χ2n) is 6.21. The number of aliphatic hydroxyl groups is 1. The number of hydrogen-bond acceptors (Lipinski definition) is 6. The van der Waals surface area contributed by atoms with E-state index in [0.717, 1.165) is 21.2 Å². The number of ether oxygens (including phenoxy) is 1. The van der Waals surface area contributed by atoms with Crippen molar-refractivity contribution in [2.24, 2.45) is 0 Å². The summed E-state index contributed by atoms with van der Waals surface area (Å²) in [4.78, 5) is 3.14.